The molecule has 10 nitrogen and oxygen atoms in total. The van der Waals surface area contributed by atoms with E-state index in [0.29, 0.717) is 53.1 Å². The van der Waals surface area contributed by atoms with Crippen molar-refractivity contribution < 1.29 is 14.6 Å². The molecule has 10 heteroatoms. The molecule has 34 heavy (non-hydrogen) atoms. The van der Waals surface area contributed by atoms with E-state index in [4.69, 9.17) is 15.2 Å². The average molecular weight is 462 g/mol. The number of ether oxygens (including phenoxy) is 2. The van der Waals surface area contributed by atoms with Crippen LogP contribution in [0, 0.1) is 18.3 Å². The molecule has 1 aromatic carbocycles. The summed E-state index contributed by atoms with van der Waals surface area (Å²) in [6, 6.07) is 8.92. The highest BCUT2D eigenvalue weighted by Gasteiger charge is 2.24. The minimum Gasteiger partial charge on any atom is -0.438 e. The van der Waals surface area contributed by atoms with E-state index in [1.54, 1.807) is 31.2 Å². The molecule has 0 aliphatic carbocycles. The van der Waals surface area contributed by atoms with Crippen LogP contribution in [0.1, 0.15) is 36.9 Å². The fraction of sp³-hybridized carbons (Fsp3) is 0.375. The zero-order valence-electron chi connectivity index (χ0n) is 19.3. The van der Waals surface area contributed by atoms with Gasteiger partial charge in [0.25, 0.3) is 0 Å². The lowest BCUT2D eigenvalue weighted by Gasteiger charge is -2.36. The van der Waals surface area contributed by atoms with E-state index >= 15 is 0 Å². The van der Waals surface area contributed by atoms with Crippen LogP contribution >= 0.6 is 0 Å². The fourth-order valence-corrected chi connectivity index (χ4v) is 3.86. The number of anilines is 1. The standard InChI is InChI=1S/C24H27N7O3/c1-14-12-31(13-15(2)33-14)22-7-23(30-16(3)29-22)34-21-6-17(8-25)4-5-19(21)24-27-10-18(11-28-24)20(32)9-26/h4-7,10-11,14-15,20,32H,9,12-13,26H2,1-3H3/t14-,15+,20?. The molecule has 176 valence electrons. The van der Waals surface area contributed by atoms with Crippen molar-refractivity contribution in [2.45, 2.75) is 39.1 Å². The smallest absolute Gasteiger partial charge is 0.224 e. The summed E-state index contributed by atoms with van der Waals surface area (Å²) in [6.07, 6.45) is 2.38. The van der Waals surface area contributed by atoms with Gasteiger partial charge in [0, 0.05) is 43.7 Å². The van der Waals surface area contributed by atoms with Crippen LogP contribution in [-0.4, -0.2) is 56.9 Å². The number of hydrogen-bond donors (Lipinski definition) is 2. The number of nitrogens with two attached hydrogens (primary N) is 1. The van der Waals surface area contributed by atoms with Crippen molar-refractivity contribution in [3.63, 3.8) is 0 Å². The molecule has 0 saturated carbocycles. The van der Waals surface area contributed by atoms with Crippen molar-refractivity contribution in [1.82, 2.24) is 19.9 Å². The number of aryl methyl sites for hydroxylation is 1. The molecule has 1 saturated heterocycles. The van der Waals surface area contributed by atoms with E-state index < -0.39 is 6.10 Å². The molecule has 3 heterocycles. The normalized spacial score (nSPS) is 18.9. The van der Waals surface area contributed by atoms with Gasteiger partial charge in [0.2, 0.25) is 5.88 Å². The first kappa shape index (κ1) is 23.5. The third-order valence-electron chi connectivity index (χ3n) is 5.39. The maximum atomic E-state index is 9.91. The maximum Gasteiger partial charge on any atom is 0.224 e. The first-order valence-corrected chi connectivity index (χ1v) is 11.0. The number of rotatable bonds is 6. The Labute approximate surface area is 198 Å². The number of aliphatic hydroxyl groups is 1. The Balaban J connectivity index is 1.67. The molecule has 1 aliphatic heterocycles. The SMILES string of the molecule is Cc1nc(Oc2cc(C#N)ccc2-c2ncc(C(O)CN)cn2)cc(N2C[C@@H](C)O[C@@H](C)C2)n1. The van der Waals surface area contributed by atoms with Crippen LogP contribution in [0.25, 0.3) is 11.4 Å². The molecule has 3 N–H and O–H groups in total. The fourth-order valence-electron chi connectivity index (χ4n) is 3.86. The molecule has 0 amide bonds. The molecule has 1 aliphatic rings. The highest BCUT2D eigenvalue weighted by atomic mass is 16.5. The van der Waals surface area contributed by atoms with E-state index in [2.05, 4.69) is 30.9 Å². The minimum absolute atomic E-state index is 0.0734. The predicted octanol–water partition coefficient (Wildman–Crippen LogP) is 2.51. The number of nitriles is 1. The van der Waals surface area contributed by atoms with Gasteiger partial charge in [-0.3, -0.25) is 0 Å². The maximum absolute atomic E-state index is 9.91. The highest BCUT2D eigenvalue weighted by molar-refractivity contribution is 5.66. The lowest BCUT2D eigenvalue weighted by Crippen LogP contribution is -2.45. The van der Waals surface area contributed by atoms with Crippen LogP contribution in [0.4, 0.5) is 5.82 Å². The third kappa shape index (κ3) is 5.28. The van der Waals surface area contributed by atoms with Crippen molar-refractivity contribution in [1.29, 1.82) is 5.26 Å². The van der Waals surface area contributed by atoms with Crippen molar-refractivity contribution in [3.8, 4) is 29.1 Å². The topological polar surface area (TPSA) is 143 Å². The molecular formula is C24H27N7O3. The van der Waals surface area contributed by atoms with Gasteiger partial charge in [-0.2, -0.15) is 10.2 Å². The average Bonchev–Trinajstić information content (AvgIpc) is 2.82. The number of aliphatic hydroxyl groups excluding tert-OH is 1. The van der Waals surface area contributed by atoms with E-state index in [9.17, 15) is 10.4 Å². The van der Waals surface area contributed by atoms with Gasteiger partial charge in [0.1, 0.15) is 17.4 Å². The lowest BCUT2D eigenvalue weighted by molar-refractivity contribution is -0.00549. The largest absolute Gasteiger partial charge is 0.438 e. The van der Waals surface area contributed by atoms with Crippen LogP contribution < -0.4 is 15.4 Å². The summed E-state index contributed by atoms with van der Waals surface area (Å²) >= 11 is 0. The quantitative estimate of drug-likeness (QED) is 0.562. The lowest BCUT2D eigenvalue weighted by atomic mass is 10.1. The Kier molecular flexibility index (Phi) is 6.98. The van der Waals surface area contributed by atoms with Crippen LogP contribution in [0.3, 0.4) is 0 Å². The first-order valence-electron chi connectivity index (χ1n) is 11.0. The predicted molar refractivity (Wildman–Crippen MR) is 125 cm³/mol. The minimum atomic E-state index is -0.834. The van der Waals surface area contributed by atoms with Crippen LogP contribution in [0.15, 0.2) is 36.7 Å². The summed E-state index contributed by atoms with van der Waals surface area (Å²) < 4.78 is 12.0. The number of benzene rings is 1. The van der Waals surface area contributed by atoms with Crippen LogP contribution in [0.2, 0.25) is 0 Å². The number of nitrogens with zero attached hydrogens (tertiary/aromatic N) is 6. The molecule has 1 fully saturated rings. The molecule has 0 radical (unpaired) electrons. The number of morpholine rings is 1. The zero-order valence-corrected chi connectivity index (χ0v) is 19.3. The van der Waals surface area contributed by atoms with Gasteiger partial charge in [-0.15, -0.1) is 0 Å². The molecule has 3 aromatic rings. The van der Waals surface area contributed by atoms with Crippen LogP contribution in [-0.2, 0) is 4.74 Å². The molecule has 2 aromatic heterocycles. The Bertz CT molecular complexity index is 1190. The van der Waals surface area contributed by atoms with E-state index in [1.807, 2.05) is 13.8 Å². The second-order valence-corrected chi connectivity index (χ2v) is 8.29. The Morgan fingerprint density at radius 1 is 1.21 bits per heavy atom. The molecule has 1 unspecified atom stereocenters. The second-order valence-electron chi connectivity index (χ2n) is 8.29. The number of aromatic nitrogens is 4. The highest BCUT2D eigenvalue weighted by Crippen LogP contribution is 2.33. The molecular weight excluding hydrogens is 434 g/mol. The Morgan fingerprint density at radius 3 is 2.56 bits per heavy atom. The van der Waals surface area contributed by atoms with E-state index in [-0.39, 0.29) is 18.8 Å². The first-order chi connectivity index (χ1) is 16.4. The molecule has 0 spiro atoms. The summed E-state index contributed by atoms with van der Waals surface area (Å²) in [7, 11) is 0. The molecule has 0 bridgehead atoms. The third-order valence-corrected chi connectivity index (χ3v) is 5.39. The van der Waals surface area contributed by atoms with Gasteiger partial charge < -0.3 is 25.2 Å². The molecule has 4 rings (SSSR count). The Hall–Kier alpha value is -3.65. The van der Waals surface area contributed by atoms with Gasteiger partial charge >= 0.3 is 0 Å². The summed E-state index contributed by atoms with van der Waals surface area (Å²) in [4.78, 5) is 19.9. The summed E-state index contributed by atoms with van der Waals surface area (Å²) in [5, 5.41) is 19.3. The van der Waals surface area contributed by atoms with Gasteiger partial charge in [-0.05, 0) is 39.0 Å². The van der Waals surface area contributed by atoms with E-state index in [0.717, 1.165) is 5.82 Å². The number of hydrogen-bond acceptors (Lipinski definition) is 10. The van der Waals surface area contributed by atoms with Crippen molar-refractivity contribution in [3.05, 3.63) is 53.6 Å². The van der Waals surface area contributed by atoms with Crippen molar-refractivity contribution in [2.75, 3.05) is 24.5 Å². The summed E-state index contributed by atoms with van der Waals surface area (Å²) in [5.74, 6) is 2.43. The molecule has 3 atom stereocenters. The second kappa shape index (κ2) is 10.1. The van der Waals surface area contributed by atoms with E-state index in [1.165, 1.54) is 12.4 Å². The van der Waals surface area contributed by atoms with Crippen LogP contribution in [0.5, 0.6) is 11.6 Å². The Morgan fingerprint density at radius 2 is 1.91 bits per heavy atom. The summed E-state index contributed by atoms with van der Waals surface area (Å²) in [6.45, 7) is 7.37. The zero-order chi connectivity index (χ0) is 24.2. The van der Waals surface area contributed by atoms with Gasteiger partial charge in [-0.1, -0.05) is 0 Å². The summed E-state index contributed by atoms with van der Waals surface area (Å²) in [5.41, 5.74) is 7.04. The van der Waals surface area contributed by atoms with Crippen molar-refractivity contribution in [2.24, 2.45) is 5.73 Å². The van der Waals surface area contributed by atoms with Gasteiger partial charge in [0.15, 0.2) is 5.82 Å². The monoisotopic (exact) mass is 461 g/mol. The van der Waals surface area contributed by atoms with Gasteiger partial charge in [-0.25, -0.2) is 15.0 Å². The van der Waals surface area contributed by atoms with Crippen molar-refractivity contribution >= 4 is 5.82 Å². The van der Waals surface area contributed by atoms with Gasteiger partial charge in [0.05, 0.1) is 35.5 Å².